The Hall–Kier alpha value is -2.00. The summed E-state index contributed by atoms with van der Waals surface area (Å²) in [6.07, 6.45) is 8.26. The number of carbonyl (C=O) groups is 1. The van der Waals surface area contributed by atoms with Crippen LogP contribution in [0.25, 0.3) is 0 Å². The van der Waals surface area contributed by atoms with E-state index in [0.717, 1.165) is 51.1 Å². The van der Waals surface area contributed by atoms with E-state index in [0.29, 0.717) is 0 Å². The van der Waals surface area contributed by atoms with Gasteiger partial charge in [0.05, 0.1) is 18.4 Å². The van der Waals surface area contributed by atoms with E-state index in [1.54, 1.807) is 10.9 Å². The van der Waals surface area contributed by atoms with Crippen LogP contribution in [-0.2, 0) is 16.6 Å². The summed E-state index contributed by atoms with van der Waals surface area (Å²) in [5.41, 5.74) is 0. The van der Waals surface area contributed by atoms with Crippen molar-refractivity contribution in [3.8, 4) is 17.6 Å². The lowest BCUT2D eigenvalue weighted by Crippen LogP contribution is -2.42. The van der Waals surface area contributed by atoms with Crippen molar-refractivity contribution in [1.29, 1.82) is 0 Å². The standard InChI is InChI=1S/C17H23N3O3/c1-20-12-14(11-18-20)23-16-4-2-3-15(16)19-17(21)6-5-13-7-9-22-10-8-13/h11-13,15-16H,2-4,7-10H2,1H3,(H,19,21)/t15-,16+/m0/s1. The summed E-state index contributed by atoms with van der Waals surface area (Å²) in [6, 6.07) is 0.0201. The first-order valence-electron chi connectivity index (χ1n) is 8.26. The lowest BCUT2D eigenvalue weighted by Gasteiger charge is -2.20. The number of ether oxygens (including phenoxy) is 2. The number of hydrogen-bond donors (Lipinski definition) is 1. The van der Waals surface area contributed by atoms with Crippen molar-refractivity contribution in [3.05, 3.63) is 12.4 Å². The Bertz CT molecular complexity index is 596. The zero-order valence-electron chi connectivity index (χ0n) is 13.5. The zero-order chi connectivity index (χ0) is 16.1. The summed E-state index contributed by atoms with van der Waals surface area (Å²) in [7, 11) is 1.85. The number of amides is 1. The molecule has 1 aromatic heterocycles. The van der Waals surface area contributed by atoms with Crippen LogP contribution in [-0.4, -0.2) is 41.0 Å². The Morgan fingerprint density at radius 3 is 2.96 bits per heavy atom. The molecule has 23 heavy (non-hydrogen) atoms. The van der Waals surface area contributed by atoms with Gasteiger partial charge in [0, 0.05) is 26.2 Å². The summed E-state index contributed by atoms with van der Waals surface area (Å²) in [4.78, 5) is 12.1. The van der Waals surface area contributed by atoms with Crippen molar-refractivity contribution in [2.75, 3.05) is 13.2 Å². The first-order valence-corrected chi connectivity index (χ1v) is 8.26. The van der Waals surface area contributed by atoms with Gasteiger partial charge in [-0.1, -0.05) is 5.92 Å². The zero-order valence-corrected chi connectivity index (χ0v) is 13.5. The topological polar surface area (TPSA) is 65.4 Å². The Kier molecular flexibility index (Phi) is 5.19. The van der Waals surface area contributed by atoms with Gasteiger partial charge in [-0.3, -0.25) is 9.48 Å². The SMILES string of the molecule is Cn1cc(O[C@@H]2CCC[C@@H]2NC(=O)C#CC2CCOCC2)cn1. The fourth-order valence-corrected chi connectivity index (χ4v) is 3.08. The molecule has 1 N–H and O–H groups in total. The highest BCUT2D eigenvalue weighted by Crippen LogP contribution is 2.24. The highest BCUT2D eigenvalue weighted by atomic mass is 16.5. The molecule has 1 saturated heterocycles. The van der Waals surface area contributed by atoms with Gasteiger partial charge in [0.15, 0.2) is 5.75 Å². The molecule has 2 aliphatic rings. The fourth-order valence-electron chi connectivity index (χ4n) is 3.08. The Morgan fingerprint density at radius 1 is 1.39 bits per heavy atom. The molecule has 1 saturated carbocycles. The summed E-state index contributed by atoms with van der Waals surface area (Å²) < 4.78 is 12.9. The lowest BCUT2D eigenvalue weighted by atomic mass is 10.0. The van der Waals surface area contributed by atoms with Crippen LogP contribution in [0.15, 0.2) is 12.4 Å². The van der Waals surface area contributed by atoms with Crippen LogP contribution in [0.1, 0.15) is 32.1 Å². The van der Waals surface area contributed by atoms with E-state index in [1.807, 2.05) is 13.2 Å². The lowest BCUT2D eigenvalue weighted by molar-refractivity contribution is -0.116. The highest BCUT2D eigenvalue weighted by molar-refractivity contribution is 5.93. The molecule has 1 aliphatic carbocycles. The summed E-state index contributed by atoms with van der Waals surface area (Å²) in [5.74, 6) is 6.62. The van der Waals surface area contributed by atoms with Gasteiger partial charge < -0.3 is 14.8 Å². The maximum atomic E-state index is 12.1. The molecule has 2 fully saturated rings. The second kappa shape index (κ2) is 7.51. The van der Waals surface area contributed by atoms with Crippen LogP contribution in [0.2, 0.25) is 0 Å². The molecule has 0 unspecified atom stereocenters. The second-order valence-corrected chi connectivity index (χ2v) is 6.17. The predicted octanol–water partition coefficient (Wildman–Crippen LogP) is 1.27. The third kappa shape index (κ3) is 4.49. The molecular formula is C17H23N3O3. The van der Waals surface area contributed by atoms with Gasteiger partial charge in [-0.2, -0.15) is 5.10 Å². The number of nitrogens with one attached hydrogen (secondary N) is 1. The molecule has 0 aromatic carbocycles. The van der Waals surface area contributed by atoms with Crippen molar-refractivity contribution >= 4 is 5.91 Å². The quantitative estimate of drug-likeness (QED) is 0.853. The smallest absolute Gasteiger partial charge is 0.296 e. The minimum Gasteiger partial charge on any atom is -0.485 e. The number of aromatic nitrogens is 2. The molecule has 1 amide bonds. The molecule has 0 bridgehead atoms. The minimum absolute atomic E-state index is 0.00645. The first kappa shape index (κ1) is 15.9. The molecule has 1 aliphatic heterocycles. The highest BCUT2D eigenvalue weighted by Gasteiger charge is 2.30. The van der Waals surface area contributed by atoms with Gasteiger partial charge in [-0.25, -0.2) is 0 Å². The van der Waals surface area contributed by atoms with Gasteiger partial charge >= 0.3 is 0 Å². The van der Waals surface area contributed by atoms with E-state index in [2.05, 4.69) is 22.3 Å². The number of rotatable bonds is 3. The summed E-state index contributed by atoms with van der Waals surface area (Å²) in [6.45, 7) is 1.48. The van der Waals surface area contributed by atoms with Crippen molar-refractivity contribution < 1.29 is 14.3 Å². The van der Waals surface area contributed by atoms with E-state index in [-0.39, 0.29) is 24.0 Å². The van der Waals surface area contributed by atoms with E-state index in [9.17, 15) is 4.79 Å². The van der Waals surface area contributed by atoms with Gasteiger partial charge in [0.25, 0.3) is 5.91 Å². The van der Waals surface area contributed by atoms with Crippen molar-refractivity contribution in [3.63, 3.8) is 0 Å². The van der Waals surface area contributed by atoms with Crippen molar-refractivity contribution in [2.45, 2.75) is 44.2 Å². The Morgan fingerprint density at radius 2 is 2.22 bits per heavy atom. The predicted molar refractivity (Wildman–Crippen MR) is 84.7 cm³/mol. The van der Waals surface area contributed by atoms with Gasteiger partial charge in [0.1, 0.15) is 6.10 Å². The van der Waals surface area contributed by atoms with E-state index in [4.69, 9.17) is 9.47 Å². The minimum atomic E-state index is -0.205. The number of carbonyl (C=O) groups excluding carboxylic acids is 1. The number of hydrogen-bond acceptors (Lipinski definition) is 4. The number of nitrogens with zero attached hydrogens (tertiary/aromatic N) is 2. The molecule has 2 heterocycles. The fraction of sp³-hybridized carbons (Fsp3) is 0.647. The molecule has 0 radical (unpaired) electrons. The van der Waals surface area contributed by atoms with Crippen LogP contribution in [0, 0.1) is 17.8 Å². The van der Waals surface area contributed by atoms with E-state index >= 15 is 0 Å². The first-order chi connectivity index (χ1) is 11.2. The van der Waals surface area contributed by atoms with Crippen molar-refractivity contribution in [2.24, 2.45) is 13.0 Å². The largest absolute Gasteiger partial charge is 0.485 e. The summed E-state index contributed by atoms with van der Waals surface area (Å²) in [5, 5.41) is 7.10. The number of aryl methyl sites for hydroxylation is 1. The molecule has 124 valence electrons. The maximum absolute atomic E-state index is 12.1. The molecule has 0 spiro atoms. The average molecular weight is 317 g/mol. The van der Waals surface area contributed by atoms with Crippen LogP contribution < -0.4 is 10.1 Å². The maximum Gasteiger partial charge on any atom is 0.296 e. The molecule has 3 rings (SSSR count). The van der Waals surface area contributed by atoms with E-state index in [1.165, 1.54) is 0 Å². The average Bonchev–Trinajstić information content (AvgIpc) is 3.16. The van der Waals surface area contributed by atoms with Gasteiger partial charge in [-0.05, 0) is 38.0 Å². The van der Waals surface area contributed by atoms with E-state index < -0.39 is 0 Å². The normalized spacial score (nSPS) is 24.7. The molecule has 2 atom stereocenters. The van der Waals surface area contributed by atoms with Crippen molar-refractivity contribution in [1.82, 2.24) is 15.1 Å². The Labute approximate surface area is 136 Å². The summed E-state index contributed by atoms with van der Waals surface area (Å²) >= 11 is 0. The molecule has 6 heteroatoms. The Balaban J connectivity index is 1.51. The van der Waals surface area contributed by atoms with Crippen LogP contribution >= 0.6 is 0 Å². The van der Waals surface area contributed by atoms with Gasteiger partial charge in [0.2, 0.25) is 0 Å². The van der Waals surface area contributed by atoms with Crippen LogP contribution in [0.3, 0.4) is 0 Å². The monoisotopic (exact) mass is 317 g/mol. The third-order valence-corrected chi connectivity index (χ3v) is 4.35. The van der Waals surface area contributed by atoms with Crippen LogP contribution in [0.4, 0.5) is 0 Å². The third-order valence-electron chi connectivity index (χ3n) is 4.35. The molecule has 1 aromatic rings. The van der Waals surface area contributed by atoms with Gasteiger partial charge in [-0.15, -0.1) is 0 Å². The van der Waals surface area contributed by atoms with Crippen LogP contribution in [0.5, 0.6) is 5.75 Å². The molecular weight excluding hydrogens is 294 g/mol. The molecule has 6 nitrogen and oxygen atoms in total. The second-order valence-electron chi connectivity index (χ2n) is 6.17.